The Morgan fingerprint density at radius 2 is 2.03 bits per heavy atom. The van der Waals surface area contributed by atoms with Crippen LogP contribution in [0.1, 0.15) is 45.5 Å². The van der Waals surface area contributed by atoms with E-state index < -0.39 is 17.8 Å². The zero-order valence-electron chi connectivity index (χ0n) is 17.0. The number of alkyl halides is 3. The number of aryl methyl sites for hydroxylation is 1. The Balaban J connectivity index is 1.43. The fraction of sp³-hybridized carbons (Fsp3) is 0.364. The number of ether oxygens (including phenoxy) is 1. The molecule has 1 aromatic carbocycles. The fourth-order valence-corrected chi connectivity index (χ4v) is 4.29. The van der Waals surface area contributed by atoms with Gasteiger partial charge in [0, 0.05) is 35.8 Å². The number of hydrogen-bond acceptors (Lipinski definition) is 5. The summed E-state index contributed by atoms with van der Waals surface area (Å²) in [5.41, 5.74) is 2.66. The minimum Gasteiger partial charge on any atom is -0.368 e. The molecule has 5 rings (SSSR count). The number of hydrogen-bond donors (Lipinski definition) is 1. The van der Waals surface area contributed by atoms with Gasteiger partial charge in [0.2, 0.25) is 0 Å². The normalized spacial score (nSPS) is 18.6. The van der Waals surface area contributed by atoms with Crippen molar-refractivity contribution < 1.29 is 22.7 Å². The van der Waals surface area contributed by atoms with Crippen LogP contribution in [0.5, 0.6) is 0 Å². The summed E-state index contributed by atoms with van der Waals surface area (Å²) in [6, 6.07) is 4.96. The highest BCUT2D eigenvalue weighted by Crippen LogP contribution is 2.34. The third-order valence-corrected chi connectivity index (χ3v) is 5.86. The standard InChI is InChI=1S/C22H20F3N5O2/c23-22(24,25)14-4-1-3-13(11-14)18-20(27-8-7-26-18)17-12-30(9-10-32-17)21(31)19-15-5-2-6-16(15)28-29-19/h1,3-4,7-8,11,17H,2,5-6,9-10,12H2,(H,28,29)/t17-/m1/s1. The van der Waals surface area contributed by atoms with Crippen molar-refractivity contribution in [3.63, 3.8) is 0 Å². The van der Waals surface area contributed by atoms with Crippen molar-refractivity contribution in [3.8, 4) is 11.3 Å². The SMILES string of the molecule is O=C(c1n[nH]c2c1CCC2)N1CCO[C@@H](c2nccnc2-c2cccc(C(F)(F)F)c2)C1. The van der Waals surface area contributed by atoms with E-state index in [0.717, 1.165) is 42.7 Å². The molecule has 0 bridgehead atoms. The van der Waals surface area contributed by atoms with Gasteiger partial charge in [0.15, 0.2) is 5.69 Å². The number of benzene rings is 1. The Hall–Kier alpha value is -3.27. The van der Waals surface area contributed by atoms with E-state index in [2.05, 4.69) is 20.2 Å². The van der Waals surface area contributed by atoms with E-state index in [1.807, 2.05) is 0 Å². The van der Waals surface area contributed by atoms with Gasteiger partial charge in [-0.3, -0.25) is 19.9 Å². The molecule has 2 aromatic heterocycles. The lowest BCUT2D eigenvalue weighted by Gasteiger charge is -2.33. The van der Waals surface area contributed by atoms with Gasteiger partial charge in [-0.1, -0.05) is 12.1 Å². The van der Waals surface area contributed by atoms with Crippen molar-refractivity contribution in [2.24, 2.45) is 0 Å². The van der Waals surface area contributed by atoms with Crippen LogP contribution < -0.4 is 0 Å². The first-order valence-electron chi connectivity index (χ1n) is 10.4. The monoisotopic (exact) mass is 443 g/mol. The first kappa shape index (κ1) is 20.6. The topological polar surface area (TPSA) is 84.0 Å². The van der Waals surface area contributed by atoms with Crippen LogP contribution in [0.25, 0.3) is 11.3 Å². The second kappa shape index (κ2) is 8.01. The summed E-state index contributed by atoms with van der Waals surface area (Å²) in [6.45, 7) is 0.892. The van der Waals surface area contributed by atoms with E-state index in [9.17, 15) is 18.0 Å². The van der Waals surface area contributed by atoms with E-state index in [1.54, 1.807) is 11.0 Å². The van der Waals surface area contributed by atoms with Crippen molar-refractivity contribution in [2.45, 2.75) is 31.5 Å². The quantitative estimate of drug-likeness (QED) is 0.669. The van der Waals surface area contributed by atoms with Crippen molar-refractivity contribution in [1.82, 2.24) is 25.1 Å². The number of halogens is 3. The van der Waals surface area contributed by atoms with Gasteiger partial charge in [-0.05, 0) is 31.4 Å². The molecule has 1 saturated heterocycles. The first-order chi connectivity index (χ1) is 15.4. The van der Waals surface area contributed by atoms with Gasteiger partial charge in [-0.15, -0.1) is 0 Å². The van der Waals surface area contributed by atoms with Crippen LogP contribution in [0, 0.1) is 0 Å². The fourth-order valence-electron chi connectivity index (χ4n) is 4.29. The molecule has 7 nitrogen and oxygen atoms in total. The molecule has 1 aliphatic carbocycles. The summed E-state index contributed by atoms with van der Waals surface area (Å²) in [7, 11) is 0. The minimum atomic E-state index is -4.47. The van der Waals surface area contributed by atoms with Gasteiger partial charge in [0.25, 0.3) is 5.91 Å². The van der Waals surface area contributed by atoms with Gasteiger partial charge in [-0.2, -0.15) is 18.3 Å². The Morgan fingerprint density at radius 1 is 1.19 bits per heavy atom. The van der Waals surface area contributed by atoms with E-state index in [0.29, 0.717) is 29.2 Å². The average Bonchev–Trinajstić information content (AvgIpc) is 3.42. The Labute approximate surface area is 181 Å². The second-order valence-corrected chi connectivity index (χ2v) is 7.86. The maximum absolute atomic E-state index is 13.2. The zero-order valence-corrected chi connectivity index (χ0v) is 17.0. The predicted molar refractivity (Wildman–Crippen MR) is 108 cm³/mol. The number of carbonyl (C=O) groups is 1. The van der Waals surface area contributed by atoms with Gasteiger partial charge in [0.05, 0.1) is 30.1 Å². The number of nitrogens with one attached hydrogen (secondary N) is 1. The maximum Gasteiger partial charge on any atom is 0.416 e. The van der Waals surface area contributed by atoms with Crippen LogP contribution in [0.2, 0.25) is 0 Å². The third-order valence-electron chi connectivity index (χ3n) is 5.86. The number of rotatable bonds is 3. The molecule has 0 radical (unpaired) electrons. The number of morpholine rings is 1. The summed E-state index contributed by atoms with van der Waals surface area (Å²) in [5.74, 6) is -0.179. The first-order valence-corrected chi connectivity index (χ1v) is 10.4. The smallest absolute Gasteiger partial charge is 0.368 e. The highest BCUT2D eigenvalue weighted by Gasteiger charge is 2.34. The summed E-state index contributed by atoms with van der Waals surface area (Å²) in [5, 5.41) is 7.17. The summed E-state index contributed by atoms with van der Waals surface area (Å²) >= 11 is 0. The highest BCUT2D eigenvalue weighted by atomic mass is 19.4. The Kier molecular flexibility index (Phi) is 5.16. The van der Waals surface area contributed by atoms with Crippen LogP contribution in [-0.4, -0.2) is 50.7 Å². The molecule has 32 heavy (non-hydrogen) atoms. The van der Waals surface area contributed by atoms with E-state index in [4.69, 9.17) is 4.74 Å². The lowest BCUT2D eigenvalue weighted by Crippen LogP contribution is -2.43. The maximum atomic E-state index is 13.2. The summed E-state index contributed by atoms with van der Waals surface area (Å²) in [4.78, 5) is 23.4. The van der Waals surface area contributed by atoms with Gasteiger partial charge in [-0.25, -0.2) is 0 Å². The van der Waals surface area contributed by atoms with E-state index in [-0.39, 0.29) is 19.1 Å². The molecule has 0 spiro atoms. The molecule has 1 fully saturated rings. The van der Waals surface area contributed by atoms with Crippen molar-refractivity contribution in [3.05, 3.63) is 64.9 Å². The van der Waals surface area contributed by atoms with E-state index >= 15 is 0 Å². The van der Waals surface area contributed by atoms with Crippen molar-refractivity contribution >= 4 is 5.91 Å². The molecule has 166 valence electrons. The summed E-state index contributed by atoms with van der Waals surface area (Å²) < 4.78 is 45.5. The molecule has 1 N–H and O–H groups in total. The van der Waals surface area contributed by atoms with Crippen LogP contribution in [0.3, 0.4) is 0 Å². The second-order valence-electron chi connectivity index (χ2n) is 7.86. The Morgan fingerprint density at radius 3 is 2.88 bits per heavy atom. The van der Waals surface area contributed by atoms with Crippen LogP contribution in [0.15, 0.2) is 36.7 Å². The highest BCUT2D eigenvalue weighted by molar-refractivity contribution is 5.94. The van der Waals surface area contributed by atoms with Gasteiger partial charge in [0.1, 0.15) is 6.10 Å². The summed E-state index contributed by atoms with van der Waals surface area (Å²) in [6.07, 6.45) is 0.529. The van der Waals surface area contributed by atoms with E-state index in [1.165, 1.54) is 18.5 Å². The van der Waals surface area contributed by atoms with Crippen molar-refractivity contribution in [1.29, 1.82) is 0 Å². The number of aromatic nitrogens is 4. The number of H-pyrrole nitrogens is 1. The third kappa shape index (κ3) is 3.75. The molecule has 3 aromatic rings. The molecule has 10 heteroatoms. The molecule has 2 aliphatic rings. The predicted octanol–water partition coefficient (Wildman–Crippen LogP) is 3.59. The molecule has 0 saturated carbocycles. The molecule has 0 unspecified atom stereocenters. The van der Waals surface area contributed by atoms with Crippen LogP contribution >= 0.6 is 0 Å². The van der Waals surface area contributed by atoms with Gasteiger partial charge >= 0.3 is 6.18 Å². The minimum absolute atomic E-state index is 0.179. The number of carbonyl (C=O) groups excluding carboxylic acids is 1. The van der Waals surface area contributed by atoms with Crippen LogP contribution in [0.4, 0.5) is 13.2 Å². The van der Waals surface area contributed by atoms with Crippen molar-refractivity contribution in [2.75, 3.05) is 19.7 Å². The molecular formula is C22H20F3N5O2. The molecule has 1 atom stereocenters. The molecule has 3 heterocycles. The number of fused-ring (bicyclic) bond motifs is 1. The largest absolute Gasteiger partial charge is 0.416 e. The molecular weight excluding hydrogens is 423 g/mol. The number of nitrogens with zero attached hydrogens (tertiary/aromatic N) is 4. The lowest BCUT2D eigenvalue weighted by atomic mass is 10.0. The molecule has 1 amide bonds. The van der Waals surface area contributed by atoms with Gasteiger partial charge < -0.3 is 9.64 Å². The number of amides is 1. The average molecular weight is 443 g/mol. The Bertz CT molecular complexity index is 1160. The zero-order chi connectivity index (χ0) is 22.3. The molecule has 1 aliphatic heterocycles. The van der Waals surface area contributed by atoms with Crippen LogP contribution in [-0.2, 0) is 23.8 Å². The lowest BCUT2D eigenvalue weighted by molar-refractivity contribution is -0.137. The number of aromatic amines is 1.